The van der Waals surface area contributed by atoms with Crippen molar-refractivity contribution in [2.75, 3.05) is 13.2 Å². The van der Waals surface area contributed by atoms with Gasteiger partial charge in [-0.05, 0) is 62.1 Å². The van der Waals surface area contributed by atoms with Gasteiger partial charge in [0.05, 0.1) is 23.0 Å². The van der Waals surface area contributed by atoms with Gasteiger partial charge in [0.15, 0.2) is 0 Å². The van der Waals surface area contributed by atoms with Crippen molar-refractivity contribution in [3.63, 3.8) is 0 Å². The van der Waals surface area contributed by atoms with Gasteiger partial charge in [-0.2, -0.15) is 0 Å². The average molecular weight is 471 g/mol. The molecule has 2 rings (SSSR count). The molecular weight excluding hydrogens is 432 g/mol. The third-order valence-electron chi connectivity index (χ3n) is 5.16. The van der Waals surface area contributed by atoms with Gasteiger partial charge in [-0.1, -0.05) is 64.8 Å². The summed E-state index contributed by atoms with van der Waals surface area (Å²) in [6.45, 7) is 9.54. The molecule has 0 spiro atoms. The molecule has 0 aliphatic carbocycles. The van der Waals surface area contributed by atoms with E-state index in [4.69, 9.17) is 9.47 Å². The van der Waals surface area contributed by atoms with E-state index < -0.39 is 9.84 Å². The monoisotopic (exact) mass is 470 g/mol. The number of hydrogen-bond acceptors (Lipinski definition) is 4. The number of sulfone groups is 1. The molecule has 0 aromatic heterocycles. The van der Waals surface area contributed by atoms with Crippen molar-refractivity contribution in [3.05, 3.63) is 59.7 Å². The number of allylic oxidation sites excluding steroid dienone is 2. The van der Waals surface area contributed by atoms with Crippen LogP contribution in [0.1, 0.15) is 77.3 Å². The molecule has 0 radical (unpaired) electrons. The van der Waals surface area contributed by atoms with Gasteiger partial charge in [0.2, 0.25) is 9.84 Å². The number of benzene rings is 2. The van der Waals surface area contributed by atoms with Crippen molar-refractivity contribution in [1.82, 2.24) is 0 Å². The van der Waals surface area contributed by atoms with Crippen LogP contribution in [0.2, 0.25) is 0 Å². The first-order chi connectivity index (χ1) is 16.0. The Bertz CT molecular complexity index is 958. The molecule has 0 bridgehead atoms. The van der Waals surface area contributed by atoms with E-state index in [1.54, 1.807) is 36.4 Å². The lowest BCUT2D eigenvalue weighted by atomic mass is 10.1. The topological polar surface area (TPSA) is 52.6 Å². The Morgan fingerprint density at radius 3 is 1.48 bits per heavy atom. The Morgan fingerprint density at radius 1 is 0.697 bits per heavy atom. The molecule has 180 valence electrons. The maximum absolute atomic E-state index is 13.5. The molecule has 0 saturated carbocycles. The standard InChI is InChI=1S/C28H38O4S/c1-5-9-13-23-21-25(15-17-27(23)31-19-11-7-3)33(29,30)26-16-18-28(32-20-12-8-4)24(22-26)14-10-6-2/h9-10,13-18,21-22H,5-8,11-12,19-20H2,1-4H3. The third-order valence-corrected chi connectivity index (χ3v) is 6.91. The number of unbranched alkanes of at least 4 members (excludes halogenated alkanes) is 2. The van der Waals surface area contributed by atoms with Gasteiger partial charge < -0.3 is 9.47 Å². The largest absolute Gasteiger partial charge is 0.493 e. The van der Waals surface area contributed by atoms with Gasteiger partial charge >= 0.3 is 0 Å². The smallest absolute Gasteiger partial charge is 0.206 e. The minimum atomic E-state index is -3.70. The minimum absolute atomic E-state index is 0.256. The highest BCUT2D eigenvalue weighted by molar-refractivity contribution is 7.91. The molecule has 0 fully saturated rings. The van der Waals surface area contributed by atoms with Crippen molar-refractivity contribution in [1.29, 1.82) is 0 Å². The van der Waals surface area contributed by atoms with Crippen LogP contribution in [0.15, 0.2) is 58.3 Å². The van der Waals surface area contributed by atoms with Crippen molar-refractivity contribution in [2.45, 2.75) is 76.0 Å². The van der Waals surface area contributed by atoms with Gasteiger partial charge in [-0.3, -0.25) is 0 Å². The van der Waals surface area contributed by atoms with Crippen LogP contribution >= 0.6 is 0 Å². The van der Waals surface area contributed by atoms with E-state index in [-0.39, 0.29) is 9.79 Å². The predicted molar refractivity (Wildman–Crippen MR) is 138 cm³/mol. The van der Waals surface area contributed by atoms with E-state index in [0.29, 0.717) is 24.7 Å². The molecule has 0 aliphatic heterocycles. The zero-order valence-electron chi connectivity index (χ0n) is 20.5. The maximum Gasteiger partial charge on any atom is 0.206 e. The van der Waals surface area contributed by atoms with E-state index in [2.05, 4.69) is 13.8 Å². The molecule has 5 heteroatoms. The van der Waals surface area contributed by atoms with Crippen molar-refractivity contribution in [3.8, 4) is 11.5 Å². The lowest BCUT2D eigenvalue weighted by Crippen LogP contribution is -2.05. The molecule has 0 amide bonds. The summed E-state index contributed by atoms with van der Waals surface area (Å²) in [5.41, 5.74) is 1.55. The molecule has 0 N–H and O–H groups in total. The van der Waals surface area contributed by atoms with Crippen LogP contribution < -0.4 is 9.47 Å². The summed E-state index contributed by atoms with van der Waals surface area (Å²) in [6.07, 6.45) is 13.6. The fourth-order valence-corrected chi connectivity index (χ4v) is 4.52. The van der Waals surface area contributed by atoms with Crippen LogP contribution in [-0.2, 0) is 9.84 Å². The summed E-state index contributed by atoms with van der Waals surface area (Å²) >= 11 is 0. The van der Waals surface area contributed by atoms with Crippen molar-refractivity contribution >= 4 is 22.0 Å². The van der Waals surface area contributed by atoms with Gasteiger partial charge in [0.25, 0.3) is 0 Å². The Labute approximate surface area is 200 Å². The van der Waals surface area contributed by atoms with Gasteiger partial charge in [-0.15, -0.1) is 0 Å². The molecule has 0 heterocycles. The lowest BCUT2D eigenvalue weighted by molar-refractivity contribution is 0.308. The minimum Gasteiger partial charge on any atom is -0.493 e. The van der Waals surface area contributed by atoms with E-state index in [0.717, 1.165) is 49.7 Å². The molecule has 33 heavy (non-hydrogen) atoms. The van der Waals surface area contributed by atoms with Crippen LogP contribution in [-0.4, -0.2) is 21.6 Å². The molecular formula is C28H38O4S. The van der Waals surface area contributed by atoms with E-state index in [9.17, 15) is 8.42 Å². The molecule has 4 nitrogen and oxygen atoms in total. The lowest BCUT2D eigenvalue weighted by Gasteiger charge is -2.13. The second kappa shape index (κ2) is 13.9. The zero-order chi connectivity index (χ0) is 24.1. The average Bonchev–Trinajstić information content (AvgIpc) is 2.82. The van der Waals surface area contributed by atoms with E-state index >= 15 is 0 Å². The SMILES string of the molecule is CCC=Cc1cc(S(=O)(=O)c2ccc(OCCCC)c(C=CCC)c2)ccc1OCCCC. The summed E-state index contributed by atoms with van der Waals surface area (Å²) in [6, 6.07) is 10.2. The fraction of sp³-hybridized carbons (Fsp3) is 0.429. The zero-order valence-corrected chi connectivity index (χ0v) is 21.3. The quantitative estimate of drug-likeness (QED) is 0.265. The maximum atomic E-state index is 13.5. The van der Waals surface area contributed by atoms with E-state index in [1.807, 2.05) is 38.2 Å². The molecule has 0 saturated heterocycles. The Hall–Kier alpha value is -2.53. The predicted octanol–water partition coefficient (Wildman–Crippen LogP) is 7.72. The summed E-state index contributed by atoms with van der Waals surface area (Å²) in [5, 5.41) is 0. The van der Waals surface area contributed by atoms with Crippen molar-refractivity contribution < 1.29 is 17.9 Å². The van der Waals surface area contributed by atoms with Gasteiger partial charge in [-0.25, -0.2) is 8.42 Å². The summed E-state index contributed by atoms with van der Waals surface area (Å²) in [4.78, 5) is 0.511. The number of ether oxygens (including phenoxy) is 2. The van der Waals surface area contributed by atoms with Crippen LogP contribution in [0, 0.1) is 0 Å². The Kier molecular flexibility index (Phi) is 11.2. The second-order valence-corrected chi connectivity index (χ2v) is 9.88. The first kappa shape index (κ1) is 26.7. The number of rotatable bonds is 14. The highest BCUT2D eigenvalue weighted by Crippen LogP contribution is 2.31. The van der Waals surface area contributed by atoms with E-state index in [1.165, 1.54) is 0 Å². The first-order valence-corrected chi connectivity index (χ1v) is 13.6. The van der Waals surface area contributed by atoms with Crippen LogP contribution in [0.25, 0.3) is 12.2 Å². The highest BCUT2D eigenvalue weighted by Gasteiger charge is 2.20. The molecule has 2 aromatic rings. The first-order valence-electron chi connectivity index (χ1n) is 12.1. The molecule has 0 unspecified atom stereocenters. The van der Waals surface area contributed by atoms with Crippen molar-refractivity contribution in [2.24, 2.45) is 0 Å². The van der Waals surface area contributed by atoms with Gasteiger partial charge in [0, 0.05) is 11.1 Å². The summed E-state index contributed by atoms with van der Waals surface area (Å²) in [5.74, 6) is 1.41. The number of hydrogen-bond donors (Lipinski definition) is 0. The normalized spacial score (nSPS) is 12.0. The van der Waals surface area contributed by atoms with Crippen LogP contribution in [0.3, 0.4) is 0 Å². The van der Waals surface area contributed by atoms with Gasteiger partial charge in [0.1, 0.15) is 11.5 Å². The van der Waals surface area contributed by atoms with Crippen LogP contribution in [0.5, 0.6) is 11.5 Å². The Morgan fingerprint density at radius 2 is 1.12 bits per heavy atom. The Balaban J connectivity index is 2.44. The molecule has 0 atom stereocenters. The third kappa shape index (κ3) is 7.78. The molecule has 0 aliphatic rings. The highest BCUT2D eigenvalue weighted by atomic mass is 32.2. The fourth-order valence-electron chi connectivity index (χ4n) is 3.19. The molecule has 2 aromatic carbocycles. The summed E-state index contributed by atoms with van der Waals surface area (Å²) < 4.78 is 38.8. The summed E-state index contributed by atoms with van der Waals surface area (Å²) in [7, 11) is -3.70. The van der Waals surface area contributed by atoms with Crippen LogP contribution in [0.4, 0.5) is 0 Å². The second-order valence-electron chi connectivity index (χ2n) is 7.93.